The molecule has 1 aliphatic carbocycles. The number of alkyl halides is 3. The molecule has 2 N–H and O–H groups in total. The molecule has 1 atom stereocenters. The topological polar surface area (TPSA) is 26.0 Å². The van der Waals surface area contributed by atoms with Crippen molar-refractivity contribution in [2.24, 2.45) is 5.73 Å². The van der Waals surface area contributed by atoms with Crippen LogP contribution in [0.25, 0.3) is 5.57 Å². The molecule has 0 saturated heterocycles. The minimum absolute atomic E-state index is 0.188. The van der Waals surface area contributed by atoms with Crippen LogP contribution in [0.3, 0.4) is 0 Å². The van der Waals surface area contributed by atoms with E-state index in [0.29, 0.717) is 0 Å². The molecule has 0 bridgehead atoms. The lowest BCUT2D eigenvalue weighted by Crippen LogP contribution is -2.21. The Bertz CT molecular complexity index is 417. The van der Waals surface area contributed by atoms with Gasteiger partial charge in [-0.05, 0) is 42.5 Å². The Morgan fingerprint density at radius 1 is 1.12 bits per heavy atom. The van der Waals surface area contributed by atoms with Crippen molar-refractivity contribution in [1.82, 2.24) is 0 Å². The van der Waals surface area contributed by atoms with Crippen LogP contribution in [0.1, 0.15) is 30.4 Å². The average molecular weight is 241 g/mol. The fourth-order valence-corrected chi connectivity index (χ4v) is 1.99. The maximum absolute atomic E-state index is 12.4. The Morgan fingerprint density at radius 2 is 1.76 bits per heavy atom. The Kier molecular flexibility index (Phi) is 3.24. The van der Waals surface area contributed by atoms with Crippen molar-refractivity contribution in [2.75, 3.05) is 0 Å². The lowest BCUT2D eigenvalue weighted by molar-refractivity contribution is -0.137. The summed E-state index contributed by atoms with van der Waals surface area (Å²) in [5.74, 6) is 0. The smallest absolute Gasteiger partial charge is 0.327 e. The van der Waals surface area contributed by atoms with Crippen LogP contribution < -0.4 is 5.73 Å². The minimum Gasteiger partial charge on any atom is -0.327 e. The van der Waals surface area contributed by atoms with Gasteiger partial charge in [-0.15, -0.1) is 0 Å². The van der Waals surface area contributed by atoms with E-state index in [9.17, 15) is 13.2 Å². The summed E-state index contributed by atoms with van der Waals surface area (Å²) in [5.41, 5.74) is 7.12. The summed E-state index contributed by atoms with van der Waals surface area (Å²) in [6.07, 6.45) is 0.300. The summed E-state index contributed by atoms with van der Waals surface area (Å²) >= 11 is 0. The normalized spacial score (nSPS) is 21.2. The van der Waals surface area contributed by atoms with Gasteiger partial charge in [0.05, 0.1) is 5.56 Å². The van der Waals surface area contributed by atoms with Crippen molar-refractivity contribution in [2.45, 2.75) is 31.5 Å². The molecule has 2 rings (SSSR count). The molecule has 92 valence electrons. The summed E-state index contributed by atoms with van der Waals surface area (Å²) in [5, 5.41) is 0. The van der Waals surface area contributed by atoms with E-state index in [2.05, 4.69) is 0 Å². The lowest BCUT2D eigenvalue weighted by Gasteiger charge is -2.18. The van der Waals surface area contributed by atoms with Crippen molar-refractivity contribution in [3.63, 3.8) is 0 Å². The number of halogens is 3. The maximum atomic E-state index is 12.4. The summed E-state index contributed by atoms with van der Waals surface area (Å²) < 4.78 is 37.1. The molecule has 1 aliphatic rings. The summed E-state index contributed by atoms with van der Waals surface area (Å²) in [6, 6.07) is 5.51. The number of benzene rings is 1. The van der Waals surface area contributed by atoms with E-state index in [1.54, 1.807) is 0 Å². The van der Waals surface area contributed by atoms with E-state index in [-0.39, 0.29) is 6.04 Å². The standard InChI is InChI=1S/C13H14F3N/c14-13(15,16)11-5-1-9(2-6-11)10-3-7-12(17)8-4-10/h1-3,5-6,12H,4,7-8,17H2. The molecule has 0 aliphatic heterocycles. The van der Waals surface area contributed by atoms with Crippen molar-refractivity contribution >= 4 is 5.57 Å². The van der Waals surface area contributed by atoms with E-state index in [1.807, 2.05) is 6.08 Å². The van der Waals surface area contributed by atoms with Crippen molar-refractivity contribution in [3.8, 4) is 0 Å². The van der Waals surface area contributed by atoms with Crippen LogP contribution in [0, 0.1) is 0 Å². The molecular weight excluding hydrogens is 227 g/mol. The highest BCUT2D eigenvalue weighted by molar-refractivity contribution is 5.66. The Hall–Kier alpha value is -1.29. The minimum atomic E-state index is -4.26. The van der Waals surface area contributed by atoms with Gasteiger partial charge in [0.15, 0.2) is 0 Å². The van der Waals surface area contributed by atoms with Gasteiger partial charge in [0, 0.05) is 6.04 Å². The van der Waals surface area contributed by atoms with Gasteiger partial charge >= 0.3 is 6.18 Å². The largest absolute Gasteiger partial charge is 0.416 e. The van der Waals surface area contributed by atoms with Crippen LogP contribution in [0.5, 0.6) is 0 Å². The number of allylic oxidation sites excluding steroid dienone is 1. The second-order valence-electron chi connectivity index (χ2n) is 4.34. The van der Waals surface area contributed by atoms with Gasteiger partial charge in [-0.2, -0.15) is 13.2 Å². The molecule has 1 nitrogen and oxygen atoms in total. The van der Waals surface area contributed by atoms with Crippen molar-refractivity contribution in [1.29, 1.82) is 0 Å². The first-order valence-electron chi connectivity index (χ1n) is 5.59. The molecule has 0 amide bonds. The van der Waals surface area contributed by atoms with Gasteiger partial charge < -0.3 is 5.73 Å². The van der Waals surface area contributed by atoms with Crippen LogP contribution in [0.2, 0.25) is 0 Å². The van der Waals surface area contributed by atoms with Gasteiger partial charge in [0.25, 0.3) is 0 Å². The van der Waals surface area contributed by atoms with E-state index in [4.69, 9.17) is 5.73 Å². The highest BCUT2D eigenvalue weighted by atomic mass is 19.4. The number of hydrogen-bond donors (Lipinski definition) is 1. The molecule has 4 heteroatoms. The summed E-state index contributed by atoms with van der Waals surface area (Å²) in [4.78, 5) is 0. The van der Waals surface area contributed by atoms with E-state index in [0.717, 1.165) is 42.5 Å². The second-order valence-corrected chi connectivity index (χ2v) is 4.34. The zero-order valence-electron chi connectivity index (χ0n) is 9.30. The first-order chi connectivity index (χ1) is 7.97. The zero-order chi connectivity index (χ0) is 12.5. The van der Waals surface area contributed by atoms with Gasteiger partial charge in [-0.1, -0.05) is 18.2 Å². The molecule has 1 unspecified atom stereocenters. The molecule has 0 heterocycles. The predicted molar refractivity (Wildman–Crippen MR) is 61.2 cm³/mol. The first kappa shape index (κ1) is 12.2. The molecule has 1 aromatic carbocycles. The van der Waals surface area contributed by atoms with Crippen LogP contribution in [-0.4, -0.2) is 6.04 Å². The van der Waals surface area contributed by atoms with Crippen LogP contribution in [-0.2, 0) is 6.18 Å². The van der Waals surface area contributed by atoms with Gasteiger partial charge in [0.2, 0.25) is 0 Å². The van der Waals surface area contributed by atoms with Crippen molar-refractivity contribution < 1.29 is 13.2 Å². The molecule has 1 aromatic rings. The van der Waals surface area contributed by atoms with Crippen LogP contribution >= 0.6 is 0 Å². The van der Waals surface area contributed by atoms with Gasteiger partial charge in [-0.25, -0.2) is 0 Å². The molecular formula is C13H14F3N. The predicted octanol–water partition coefficient (Wildman–Crippen LogP) is 3.60. The van der Waals surface area contributed by atoms with Gasteiger partial charge in [-0.3, -0.25) is 0 Å². The monoisotopic (exact) mass is 241 g/mol. The third-order valence-electron chi connectivity index (χ3n) is 3.03. The third kappa shape index (κ3) is 2.88. The second kappa shape index (κ2) is 4.53. The maximum Gasteiger partial charge on any atom is 0.416 e. The number of rotatable bonds is 1. The zero-order valence-corrected chi connectivity index (χ0v) is 9.30. The Balaban J connectivity index is 2.19. The van der Waals surface area contributed by atoms with Crippen LogP contribution in [0.4, 0.5) is 13.2 Å². The SMILES string of the molecule is NC1CC=C(c2ccc(C(F)(F)F)cc2)CC1. The third-order valence-corrected chi connectivity index (χ3v) is 3.03. The van der Waals surface area contributed by atoms with E-state index < -0.39 is 11.7 Å². The number of hydrogen-bond acceptors (Lipinski definition) is 1. The number of nitrogens with two attached hydrogens (primary N) is 1. The van der Waals surface area contributed by atoms with Crippen LogP contribution in [0.15, 0.2) is 30.3 Å². The molecule has 0 aromatic heterocycles. The summed E-state index contributed by atoms with van der Waals surface area (Å²) in [6.45, 7) is 0. The van der Waals surface area contributed by atoms with E-state index in [1.165, 1.54) is 12.1 Å². The quantitative estimate of drug-likeness (QED) is 0.798. The molecule has 17 heavy (non-hydrogen) atoms. The molecule has 0 spiro atoms. The van der Waals surface area contributed by atoms with Gasteiger partial charge in [0.1, 0.15) is 0 Å². The molecule has 0 saturated carbocycles. The Morgan fingerprint density at radius 3 is 2.24 bits per heavy atom. The van der Waals surface area contributed by atoms with E-state index >= 15 is 0 Å². The average Bonchev–Trinajstić information content (AvgIpc) is 2.29. The Labute approximate surface area is 98.1 Å². The lowest BCUT2D eigenvalue weighted by atomic mass is 9.91. The van der Waals surface area contributed by atoms with Crippen molar-refractivity contribution in [3.05, 3.63) is 41.5 Å². The molecule has 0 radical (unpaired) electrons. The fraction of sp³-hybridized carbons (Fsp3) is 0.385. The highest BCUT2D eigenvalue weighted by Gasteiger charge is 2.30. The summed E-state index contributed by atoms with van der Waals surface area (Å²) in [7, 11) is 0. The first-order valence-corrected chi connectivity index (χ1v) is 5.59. The molecule has 0 fully saturated rings. The fourth-order valence-electron chi connectivity index (χ4n) is 1.99. The highest BCUT2D eigenvalue weighted by Crippen LogP contribution is 2.31.